The molecule has 1 unspecified atom stereocenters. The van der Waals surface area contributed by atoms with Crippen LogP contribution in [0.5, 0.6) is 0 Å². The Morgan fingerprint density at radius 2 is 2.03 bits per heavy atom. The van der Waals surface area contributed by atoms with Crippen molar-refractivity contribution in [3.05, 3.63) is 30.1 Å². The number of imidazole rings is 1. The van der Waals surface area contributed by atoms with Crippen LogP contribution in [-0.2, 0) is 22.6 Å². The van der Waals surface area contributed by atoms with E-state index in [1.54, 1.807) is 0 Å². The Bertz CT molecular complexity index is 1050. The van der Waals surface area contributed by atoms with Gasteiger partial charge in [0.15, 0.2) is 5.82 Å². The van der Waals surface area contributed by atoms with Crippen molar-refractivity contribution in [3.63, 3.8) is 0 Å². The van der Waals surface area contributed by atoms with Gasteiger partial charge in [0.1, 0.15) is 17.6 Å². The number of benzene rings is 1. The van der Waals surface area contributed by atoms with Crippen LogP contribution in [0.3, 0.4) is 0 Å². The number of nitrogens with one attached hydrogen (secondary N) is 1. The molecule has 1 aromatic carbocycles. The van der Waals surface area contributed by atoms with Gasteiger partial charge in [-0.05, 0) is 31.7 Å². The lowest BCUT2D eigenvalue weighted by Gasteiger charge is -2.11. The third-order valence-corrected chi connectivity index (χ3v) is 5.45. The van der Waals surface area contributed by atoms with E-state index in [4.69, 9.17) is 16.5 Å². The highest BCUT2D eigenvalue weighted by Crippen LogP contribution is 2.29. The van der Waals surface area contributed by atoms with Crippen molar-refractivity contribution in [1.29, 1.82) is 0 Å². The summed E-state index contributed by atoms with van der Waals surface area (Å²) < 4.78 is 2.27. The first-order valence-electron chi connectivity index (χ1n) is 11.1. The number of nitrogen functional groups attached to an aromatic ring is 1. The molecule has 0 bridgehead atoms. The number of aryl methyl sites for hydroxylation is 2. The zero-order valence-corrected chi connectivity index (χ0v) is 18.1. The van der Waals surface area contributed by atoms with Crippen LogP contribution in [0.2, 0.25) is 0 Å². The molecule has 2 heterocycles. The smallest absolute Gasteiger partial charge is 0.220 e. The molecule has 8 nitrogen and oxygen atoms in total. The number of hydrogen-bond donors (Lipinski definition) is 3. The molecular formula is C23H32N6O2. The minimum absolute atomic E-state index is 0.0705. The summed E-state index contributed by atoms with van der Waals surface area (Å²) in [5.41, 5.74) is 14.4. The number of carbonyl (C=O) groups is 2. The average molecular weight is 425 g/mol. The van der Waals surface area contributed by atoms with Crippen LogP contribution < -0.4 is 16.8 Å². The number of nitrogens with zero attached hydrogens (tertiary/aromatic N) is 3. The second kappa shape index (κ2) is 10.9. The van der Waals surface area contributed by atoms with Gasteiger partial charge in [0.25, 0.3) is 0 Å². The lowest BCUT2D eigenvalue weighted by atomic mass is 10.1. The van der Waals surface area contributed by atoms with Gasteiger partial charge in [-0.1, -0.05) is 31.5 Å². The van der Waals surface area contributed by atoms with Crippen LogP contribution in [-0.4, -0.2) is 39.3 Å². The molecular weight excluding hydrogens is 392 g/mol. The summed E-state index contributed by atoms with van der Waals surface area (Å²) in [5.74, 6) is 1.43. The van der Waals surface area contributed by atoms with Gasteiger partial charge in [0, 0.05) is 31.3 Å². The summed E-state index contributed by atoms with van der Waals surface area (Å²) >= 11 is 0. The summed E-state index contributed by atoms with van der Waals surface area (Å²) in [6, 6.07) is 7.44. The van der Waals surface area contributed by atoms with Crippen LogP contribution in [0.1, 0.15) is 51.3 Å². The van der Waals surface area contributed by atoms with E-state index in [2.05, 4.69) is 27.9 Å². The monoisotopic (exact) mass is 424 g/mol. The van der Waals surface area contributed by atoms with E-state index in [0.717, 1.165) is 66.4 Å². The molecule has 2 aromatic heterocycles. The minimum Gasteiger partial charge on any atom is -0.382 e. The van der Waals surface area contributed by atoms with Gasteiger partial charge in [-0.25, -0.2) is 9.97 Å². The number of para-hydroxylation sites is 1. The van der Waals surface area contributed by atoms with Gasteiger partial charge in [0.2, 0.25) is 5.91 Å². The van der Waals surface area contributed by atoms with Crippen molar-refractivity contribution in [2.24, 2.45) is 5.73 Å². The van der Waals surface area contributed by atoms with Gasteiger partial charge in [-0.15, -0.1) is 0 Å². The van der Waals surface area contributed by atoms with E-state index in [1.165, 1.54) is 0 Å². The number of rotatable bonds is 12. The number of carbonyl (C=O) groups excluding carboxylic acids is 2. The molecule has 0 aliphatic carbocycles. The first kappa shape index (κ1) is 22.7. The highest BCUT2D eigenvalue weighted by atomic mass is 16.1. The molecule has 0 radical (unpaired) electrons. The Labute approximate surface area is 182 Å². The van der Waals surface area contributed by atoms with Crippen LogP contribution in [0.25, 0.3) is 21.9 Å². The van der Waals surface area contributed by atoms with E-state index in [9.17, 15) is 9.59 Å². The Hall–Kier alpha value is -3.00. The Morgan fingerprint density at radius 3 is 2.81 bits per heavy atom. The Balaban J connectivity index is 1.70. The van der Waals surface area contributed by atoms with E-state index < -0.39 is 6.04 Å². The standard InChI is InChI=1S/C23H32N6O2/c1-2-3-10-19-28-21-22(17-8-4-5-9-18(17)27-23(21)25)29(19)14-7-6-13-26-20(31)12-11-16(24)15-30/h4-5,8-9,15-16H,2-3,6-7,10-14,24H2,1H3,(H2,25,27)(H,26,31). The van der Waals surface area contributed by atoms with Gasteiger partial charge in [0.05, 0.1) is 17.1 Å². The Morgan fingerprint density at radius 1 is 1.23 bits per heavy atom. The van der Waals surface area contributed by atoms with Crippen LogP contribution in [0.15, 0.2) is 24.3 Å². The second-order valence-corrected chi connectivity index (χ2v) is 7.89. The summed E-state index contributed by atoms with van der Waals surface area (Å²) in [5, 5.41) is 3.96. The van der Waals surface area contributed by atoms with Crippen molar-refractivity contribution in [2.75, 3.05) is 12.3 Å². The normalized spacial score (nSPS) is 12.3. The zero-order valence-electron chi connectivity index (χ0n) is 18.1. The summed E-state index contributed by atoms with van der Waals surface area (Å²) in [6.45, 7) is 3.56. The second-order valence-electron chi connectivity index (χ2n) is 7.89. The number of pyridine rings is 1. The molecule has 8 heteroatoms. The first-order valence-corrected chi connectivity index (χ1v) is 11.1. The number of anilines is 1. The maximum absolute atomic E-state index is 11.9. The molecule has 31 heavy (non-hydrogen) atoms. The molecule has 1 atom stereocenters. The third kappa shape index (κ3) is 5.58. The van der Waals surface area contributed by atoms with Crippen molar-refractivity contribution < 1.29 is 9.59 Å². The molecule has 1 amide bonds. The fraction of sp³-hybridized carbons (Fsp3) is 0.478. The molecule has 5 N–H and O–H groups in total. The minimum atomic E-state index is -0.571. The number of aldehydes is 1. The number of amides is 1. The lowest BCUT2D eigenvalue weighted by Crippen LogP contribution is -2.28. The van der Waals surface area contributed by atoms with Gasteiger partial charge in [-0.2, -0.15) is 0 Å². The van der Waals surface area contributed by atoms with Crippen LogP contribution in [0, 0.1) is 0 Å². The van der Waals surface area contributed by atoms with Crippen LogP contribution in [0.4, 0.5) is 5.82 Å². The largest absolute Gasteiger partial charge is 0.382 e. The molecule has 0 aliphatic rings. The van der Waals surface area contributed by atoms with Crippen molar-refractivity contribution >= 4 is 39.9 Å². The lowest BCUT2D eigenvalue weighted by molar-refractivity contribution is -0.121. The topological polar surface area (TPSA) is 129 Å². The molecule has 0 fully saturated rings. The maximum Gasteiger partial charge on any atom is 0.220 e. The van der Waals surface area contributed by atoms with Crippen LogP contribution >= 0.6 is 0 Å². The van der Waals surface area contributed by atoms with E-state index in [-0.39, 0.29) is 12.3 Å². The number of hydrogen-bond acceptors (Lipinski definition) is 6. The van der Waals surface area contributed by atoms with Crippen molar-refractivity contribution in [3.8, 4) is 0 Å². The van der Waals surface area contributed by atoms with E-state index >= 15 is 0 Å². The summed E-state index contributed by atoms with van der Waals surface area (Å²) in [7, 11) is 0. The SMILES string of the molecule is CCCCc1nc2c(N)nc3ccccc3c2n1CCCCNC(=O)CCC(N)C=O. The predicted molar refractivity (Wildman–Crippen MR) is 124 cm³/mol. The van der Waals surface area contributed by atoms with E-state index in [1.807, 2.05) is 18.2 Å². The number of unbranched alkanes of at least 4 members (excludes halogenated alkanes) is 2. The third-order valence-electron chi connectivity index (χ3n) is 5.45. The van der Waals surface area contributed by atoms with Crippen molar-refractivity contribution in [1.82, 2.24) is 19.9 Å². The highest BCUT2D eigenvalue weighted by molar-refractivity contribution is 6.06. The molecule has 166 valence electrons. The van der Waals surface area contributed by atoms with Crippen molar-refractivity contribution in [2.45, 2.75) is 64.5 Å². The average Bonchev–Trinajstić information content (AvgIpc) is 3.15. The number of fused-ring (bicyclic) bond motifs is 3. The fourth-order valence-electron chi connectivity index (χ4n) is 3.75. The molecule has 0 saturated heterocycles. The molecule has 0 aliphatic heterocycles. The fourth-order valence-corrected chi connectivity index (χ4v) is 3.75. The summed E-state index contributed by atoms with van der Waals surface area (Å²) in [4.78, 5) is 31.8. The molecule has 0 spiro atoms. The molecule has 3 aromatic rings. The van der Waals surface area contributed by atoms with Gasteiger partial charge in [-0.3, -0.25) is 4.79 Å². The maximum atomic E-state index is 11.9. The first-order chi connectivity index (χ1) is 15.0. The summed E-state index contributed by atoms with van der Waals surface area (Å²) in [6.07, 6.45) is 6.11. The van der Waals surface area contributed by atoms with E-state index in [0.29, 0.717) is 25.1 Å². The van der Waals surface area contributed by atoms with Gasteiger partial charge >= 0.3 is 0 Å². The van der Waals surface area contributed by atoms with Gasteiger partial charge < -0.3 is 26.1 Å². The number of aromatic nitrogens is 3. The predicted octanol–water partition coefficient (Wildman–Crippen LogP) is 2.71. The quantitative estimate of drug-likeness (QED) is 0.303. The Kier molecular flexibility index (Phi) is 7.94. The molecule has 3 rings (SSSR count). The number of nitrogens with two attached hydrogens (primary N) is 2. The zero-order chi connectivity index (χ0) is 22.2. The highest BCUT2D eigenvalue weighted by Gasteiger charge is 2.16. The molecule has 0 saturated carbocycles.